The molecule has 0 aliphatic carbocycles. The van der Waals surface area contributed by atoms with Gasteiger partial charge in [-0.05, 0) is 30.7 Å². The number of hydrogen-bond acceptors (Lipinski definition) is 4. The standard InChI is InChI=1S/C16H15ClN4O/c1-2-12(18)15-20-13-7-3-6-11(17)14(13)16(22)21(15)10-5-4-8-19-9-10/h3-9,12H,2,18H2,1H3/t12-/m0/s1. The van der Waals surface area contributed by atoms with Gasteiger partial charge in [0, 0.05) is 6.20 Å². The Balaban J connectivity index is 2.44. The molecule has 0 amide bonds. The van der Waals surface area contributed by atoms with Gasteiger partial charge in [-0.25, -0.2) is 4.98 Å². The molecule has 0 aliphatic heterocycles. The molecule has 0 fully saturated rings. The molecule has 3 aromatic rings. The number of nitrogens with two attached hydrogens (primary N) is 1. The number of pyridine rings is 1. The second-order valence-electron chi connectivity index (χ2n) is 4.97. The summed E-state index contributed by atoms with van der Waals surface area (Å²) in [5, 5.41) is 0.768. The predicted molar refractivity (Wildman–Crippen MR) is 87.4 cm³/mol. The van der Waals surface area contributed by atoms with Gasteiger partial charge in [0.2, 0.25) is 0 Å². The van der Waals surface area contributed by atoms with Crippen LogP contribution in [-0.2, 0) is 0 Å². The van der Waals surface area contributed by atoms with E-state index in [2.05, 4.69) is 9.97 Å². The zero-order chi connectivity index (χ0) is 15.7. The normalized spacial score (nSPS) is 12.5. The fourth-order valence-corrected chi connectivity index (χ4v) is 2.62. The van der Waals surface area contributed by atoms with Crippen molar-refractivity contribution in [1.82, 2.24) is 14.5 Å². The van der Waals surface area contributed by atoms with Crippen LogP contribution in [0.2, 0.25) is 5.02 Å². The average molecular weight is 315 g/mol. The van der Waals surface area contributed by atoms with Gasteiger partial charge in [0.05, 0.1) is 33.9 Å². The van der Waals surface area contributed by atoms with Crippen molar-refractivity contribution in [2.45, 2.75) is 19.4 Å². The van der Waals surface area contributed by atoms with Crippen LogP contribution in [0.25, 0.3) is 16.6 Å². The molecule has 3 rings (SSSR count). The summed E-state index contributed by atoms with van der Waals surface area (Å²) in [6.45, 7) is 1.95. The molecule has 22 heavy (non-hydrogen) atoms. The van der Waals surface area contributed by atoms with Crippen LogP contribution in [0.1, 0.15) is 25.2 Å². The van der Waals surface area contributed by atoms with Gasteiger partial charge in [0.15, 0.2) is 0 Å². The summed E-state index contributed by atoms with van der Waals surface area (Å²) in [6.07, 6.45) is 3.92. The number of hydrogen-bond donors (Lipinski definition) is 1. The lowest BCUT2D eigenvalue weighted by atomic mass is 10.1. The summed E-state index contributed by atoms with van der Waals surface area (Å²) in [5.74, 6) is 0.510. The van der Waals surface area contributed by atoms with Crippen molar-refractivity contribution >= 4 is 22.5 Å². The smallest absolute Gasteiger partial charge is 0.267 e. The van der Waals surface area contributed by atoms with Crippen molar-refractivity contribution < 1.29 is 0 Å². The third-order valence-corrected chi connectivity index (χ3v) is 3.86. The van der Waals surface area contributed by atoms with E-state index in [0.717, 1.165) is 0 Å². The monoisotopic (exact) mass is 314 g/mol. The number of nitrogens with zero attached hydrogens (tertiary/aromatic N) is 3. The Bertz CT molecular complexity index is 876. The van der Waals surface area contributed by atoms with Crippen molar-refractivity contribution in [2.24, 2.45) is 5.73 Å². The van der Waals surface area contributed by atoms with E-state index in [-0.39, 0.29) is 11.6 Å². The number of halogens is 1. The highest BCUT2D eigenvalue weighted by Crippen LogP contribution is 2.22. The van der Waals surface area contributed by atoms with Gasteiger partial charge in [-0.1, -0.05) is 24.6 Å². The summed E-state index contributed by atoms with van der Waals surface area (Å²) >= 11 is 6.19. The molecule has 5 nitrogen and oxygen atoms in total. The van der Waals surface area contributed by atoms with E-state index in [4.69, 9.17) is 17.3 Å². The maximum Gasteiger partial charge on any atom is 0.267 e. The first kappa shape index (κ1) is 14.7. The molecule has 1 atom stereocenters. The number of aromatic nitrogens is 3. The van der Waals surface area contributed by atoms with Crippen LogP contribution in [0.3, 0.4) is 0 Å². The Hall–Kier alpha value is -2.24. The van der Waals surface area contributed by atoms with Gasteiger partial charge in [-0.3, -0.25) is 14.3 Å². The van der Waals surface area contributed by atoms with E-state index in [0.29, 0.717) is 33.9 Å². The highest BCUT2D eigenvalue weighted by atomic mass is 35.5. The van der Waals surface area contributed by atoms with Crippen molar-refractivity contribution in [2.75, 3.05) is 0 Å². The molecule has 0 unspecified atom stereocenters. The Morgan fingerprint density at radius 3 is 2.82 bits per heavy atom. The Labute approximate surface area is 132 Å². The van der Waals surface area contributed by atoms with Gasteiger partial charge in [-0.2, -0.15) is 0 Å². The SMILES string of the molecule is CC[C@H](N)c1nc2cccc(Cl)c2c(=O)n1-c1cccnc1. The third kappa shape index (κ3) is 2.38. The third-order valence-electron chi connectivity index (χ3n) is 3.55. The van der Waals surface area contributed by atoms with Crippen LogP contribution in [0.5, 0.6) is 0 Å². The summed E-state index contributed by atoms with van der Waals surface area (Å²) in [7, 11) is 0. The molecular weight excluding hydrogens is 300 g/mol. The fourth-order valence-electron chi connectivity index (χ4n) is 2.37. The van der Waals surface area contributed by atoms with Crippen molar-refractivity contribution in [3.8, 4) is 5.69 Å². The molecule has 0 saturated carbocycles. The summed E-state index contributed by atoms with van der Waals surface area (Å²) in [6, 6.07) is 8.43. The van der Waals surface area contributed by atoms with E-state index < -0.39 is 0 Å². The molecule has 0 saturated heterocycles. The van der Waals surface area contributed by atoms with Crippen molar-refractivity contribution in [3.05, 3.63) is 63.9 Å². The van der Waals surface area contributed by atoms with Gasteiger partial charge in [0.25, 0.3) is 5.56 Å². The maximum atomic E-state index is 12.9. The second-order valence-corrected chi connectivity index (χ2v) is 5.38. The van der Waals surface area contributed by atoms with Crippen LogP contribution in [0, 0.1) is 0 Å². The molecule has 2 aromatic heterocycles. The lowest BCUT2D eigenvalue weighted by Crippen LogP contribution is -2.28. The predicted octanol–water partition coefficient (Wildman–Crippen LogP) is 2.84. The Morgan fingerprint density at radius 1 is 1.32 bits per heavy atom. The lowest BCUT2D eigenvalue weighted by molar-refractivity contribution is 0.622. The number of rotatable bonds is 3. The van der Waals surface area contributed by atoms with Crippen LogP contribution in [-0.4, -0.2) is 14.5 Å². The Kier molecular flexibility index (Phi) is 3.92. The van der Waals surface area contributed by atoms with Crippen molar-refractivity contribution in [3.63, 3.8) is 0 Å². The quantitative estimate of drug-likeness (QED) is 0.806. The molecule has 2 heterocycles. The molecule has 0 aliphatic rings. The highest BCUT2D eigenvalue weighted by molar-refractivity contribution is 6.35. The summed E-state index contributed by atoms with van der Waals surface area (Å²) < 4.78 is 1.50. The minimum atomic E-state index is -0.351. The van der Waals surface area contributed by atoms with Crippen LogP contribution in [0.4, 0.5) is 0 Å². The molecular formula is C16H15ClN4O. The summed E-state index contributed by atoms with van der Waals surface area (Å²) in [5.41, 5.74) is 7.10. The molecule has 1 aromatic carbocycles. The first-order valence-electron chi connectivity index (χ1n) is 7.00. The van der Waals surface area contributed by atoms with Crippen LogP contribution >= 0.6 is 11.6 Å². The molecule has 112 valence electrons. The van der Waals surface area contributed by atoms with E-state index in [1.165, 1.54) is 4.57 Å². The molecule has 6 heteroatoms. The minimum absolute atomic E-state index is 0.234. The van der Waals surface area contributed by atoms with Gasteiger partial charge < -0.3 is 5.73 Å². The van der Waals surface area contributed by atoms with Crippen LogP contribution in [0.15, 0.2) is 47.5 Å². The minimum Gasteiger partial charge on any atom is -0.321 e. The second kappa shape index (κ2) is 5.87. The van der Waals surface area contributed by atoms with Gasteiger partial charge in [0.1, 0.15) is 5.82 Å². The number of benzene rings is 1. The van der Waals surface area contributed by atoms with E-state index in [1.54, 1.807) is 42.7 Å². The van der Waals surface area contributed by atoms with Crippen LogP contribution < -0.4 is 11.3 Å². The largest absolute Gasteiger partial charge is 0.321 e. The van der Waals surface area contributed by atoms with E-state index >= 15 is 0 Å². The molecule has 0 bridgehead atoms. The van der Waals surface area contributed by atoms with Crippen molar-refractivity contribution in [1.29, 1.82) is 0 Å². The zero-order valence-corrected chi connectivity index (χ0v) is 12.8. The molecule has 0 spiro atoms. The zero-order valence-electron chi connectivity index (χ0n) is 12.0. The van der Waals surface area contributed by atoms with Gasteiger partial charge in [-0.15, -0.1) is 0 Å². The molecule has 2 N–H and O–H groups in total. The highest BCUT2D eigenvalue weighted by Gasteiger charge is 2.18. The summed E-state index contributed by atoms with van der Waals surface area (Å²) in [4.78, 5) is 21.6. The van der Waals surface area contributed by atoms with Gasteiger partial charge >= 0.3 is 0 Å². The van der Waals surface area contributed by atoms with E-state index in [1.807, 2.05) is 6.92 Å². The number of fused-ring (bicyclic) bond motifs is 1. The molecule has 0 radical (unpaired) electrons. The topological polar surface area (TPSA) is 73.8 Å². The Morgan fingerprint density at radius 2 is 2.14 bits per heavy atom. The lowest BCUT2D eigenvalue weighted by Gasteiger charge is -2.17. The first-order valence-corrected chi connectivity index (χ1v) is 7.38. The average Bonchev–Trinajstić information content (AvgIpc) is 2.54. The van der Waals surface area contributed by atoms with E-state index in [9.17, 15) is 4.79 Å². The fraction of sp³-hybridized carbons (Fsp3) is 0.188. The maximum absolute atomic E-state index is 12.9. The first-order chi connectivity index (χ1) is 10.6.